The largest absolute Gasteiger partial charge is 0.322 e. The van der Waals surface area contributed by atoms with E-state index < -0.39 is 0 Å². The maximum absolute atomic E-state index is 13.4. The Labute approximate surface area is 245 Å². The third-order valence-electron chi connectivity index (χ3n) is 6.35. The second-order valence-corrected chi connectivity index (χ2v) is 11.6. The van der Waals surface area contributed by atoms with Crippen molar-refractivity contribution in [2.45, 2.75) is 46.6 Å². The van der Waals surface area contributed by atoms with Gasteiger partial charge in [0.1, 0.15) is 12.4 Å². The number of nitrogens with zero attached hydrogens (tertiary/aromatic N) is 3. The van der Waals surface area contributed by atoms with Crippen molar-refractivity contribution in [3.63, 3.8) is 0 Å². The second kappa shape index (κ2) is 12.1. The molecule has 0 spiro atoms. The van der Waals surface area contributed by atoms with Gasteiger partial charge < -0.3 is 15.5 Å². The van der Waals surface area contributed by atoms with Gasteiger partial charge in [0.2, 0.25) is 5.91 Å². The van der Waals surface area contributed by atoms with Gasteiger partial charge in [-0.2, -0.15) is 5.10 Å². The van der Waals surface area contributed by atoms with E-state index in [0.29, 0.717) is 27.2 Å². The zero-order valence-corrected chi connectivity index (χ0v) is 24.8. The highest BCUT2D eigenvalue weighted by Gasteiger charge is 2.24. The molecule has 0 bridgehead atoms. The molecule has 4 aromatic rings. The van der Waals surface area contributed by atoms with Crippen molar-refractivity contribution in [2.75, 3.05) is 17.2 Å². The maximum atomic E-state index is 13.4. The van der Waals surface area contributed by atoms with Crippen LogP contribution in [0.5, 0.6) is 0 Å². The van der Waals surface area contributed by atoms with Gasteiger partial charge in [-0.05, 0) is 49.2 Å². The molecule has 40 heavy (non-hydrogen) atoms. The SMILES string of the molecule is Cc1ccc(NC(=O)N(CC(=O)Nc2cc(C(C)(C)C)nn2-c2ccc(Cl)c(Cl)c2)Cc2ccccc2)c(C)c1. The van der Waals surface area contributed by atoms with E-state index in [4.69, 9.17) is 28.3 Å². The molecule has 0 aliphatic carbocycles. The number of amides is 3. The monoisotopic (exact) mass is 577 g/mol. The van der Waals surface area contributed by atoms with Crippen LogP contribution in [-0.4, -0.2) is 33.2 Å². The Morgan fingerprint density at radius 2 is 1.62 bits per heavy atom. The van der Waals surface area contributed by atoms with E-state index in [9.17, 15) is 9.59 Å². The lowest BCUT2D eigenvalue weighted by molar-refractivity contribution is -0.116. The first-order valence-electron chi connectivity index (χ1n) is 12.9. The molecule has 3 amide bonds. The number of aromatic nitrogens is 2. The van der Waals surface area contributed by atoms with E-state index in [-0.39, 0.29) is 30.4 Å². The van der Waals surface area contributed by atoms with Gasteiger partial charge >= 0.3 is 6.03 Å². The van der Waals surface area contributed by atoms with E-state index in [0.717, 1.165) is 22.4 Å². The highest BCUT2D eigenvalue weighted by atomic mass is 35.5. The molecule has 9 heteroatoms. The fraction of sp³-hybridized carbons (Fsp3) is 0.258. The number of nitrogens with one attached hydrogen (secondary N) is 2. The molecule has 208 valence electrons. The molecule has 0 saturated heterocycles. The van der Waals surface area contributed by atoms with Gasteiger partial charge in [-0.25, -0.2) is 9.48 Å². The fourth-order valence-corrected chi connectivity index (χ4v) is 4.45. The first kappa shape index (κ1) is 29.2. The van der Waals surface area contributed by atoms with Crippen molar-refractivity contribution >= 4 is 46.6 Å². The summed E-state index contributed by atoms with van der Waals surface area (Å²) in [6, 6.07) is 22.0. The number of carbonyl (C=O) groups excluding carboxylic acids is 2. The third-order valence-corrected chi connectivity index (χ3v) is 7.09. The summed E-state index contributed by atoms with van der Waals surface area (Å²) in [6.07, 6.45) is 0. The average molecular weight is 579 g/mol. The van der Waals surface area contributed by atoms with Crippen molar-refractivity contribution in [1.29, 1.82) is 0 Å². The summed E-state index contributed by atoms with van der Waals surface area (Å²) in [6.45, 7) is 10.1. The number of carbonyl (C=O) groups is 2. The second-order valence-electron chi connectivity index (χ2n) is 10.8. The Bertz CT molecular complexity index is 1530. The fourth-order valence-electron chi connectivity index (χ4n) is 4.16. The van der Waals surface area contributed by atoms with Crippen LogP contribution < -0.4 is 10.6 Å². The quantitative estimate of drug-likeness (QED) is 0.235. The van der Waals surface area contributed by atoms with E-state index in [1.807, 2.05) is 89.2 Å². The van der Waals surface area contributed by atoms with Crippen molar-refractivity contribution in [1.82, 2.24) is 14.7 Å². The normalized spacial score (nSPS) is 11.3. The Morgan fingerprint density at radius 3 is 2.27 bits per heavy atom. The number of hydrogen-bond acceptors (Lipinski definition) is 3. The van der Waals surface area contributed by atoms with Crippen LogP contribution >= 0.6 is 23.2 Å². The summed E-state index contributed by atoms with van der Waals surface area (Å²) in [5.41, 5.74) is 4.80. The first-order valence-corrected chi connectivity index (χ1v) is 13.7. The van der Waals surface area contributed by atoms with Crippen LogP contribution in [0.15, 0.2) is 72.8 Å². The molecule has 0 aliphatic heterocycles. The number of hydrogen-bond donors (Lipinski definition) is 2. The summed E-state index contributed by atoms with van der Waals surface area (Å²) < 4.78 is 1.62. The van der Waals surface area contributed by atoms with E-state index >= 15 is 0 Å². The summed E-state index contributed by atoms with van der Waals surface area (Å²) in [4.78, 5) is 28.3. The van der Waals surface area contributed by atoms with Crippen molar-refractivity contribution in [3.8, 4) is 5.69 Å². The molecule has 7 nitrogen and oxygen atoms in total. The van der Waals surface area contributed by atoms with E-state index in [2.05, 4.69) is 10.6 Å². The predicted molar refractivity (Wildman–Crippen MR) is 163 cm³/mol. The molecule has 1 heterocycles. The predicted octanol–water partition coefficient (Wildman–Crippen LogP) is 7.77. The maximum Gasteiger partial charge on any atom is 0.322 e. The van der Waals surface area contributed by atoms with Gasteiger partial charge in [0.25, 0.3) is 0 Å². The molecular weight excluding hydrogens is 545 g/mol. The number of urea groups is 1. The lowest BCUT2D eigenvalue weighted by Gasteiger charge is -2.23. The molecule has 0 aliphatic rings. The van der Waals surface area contributed by atoms with Gasteiger partial charge in [-0.15, -0.1) is 0 Å². The minimum absolute atomic E-state index is 0.178. The number of rotatable bonds is 7. The molecule has 0 fully saturated rings. The minimum Gasteiger partial charge on any atom is -0.311 e. The third kappa shape index (κ3) is 7.23. The van der Waals surface area contributed by atoms with Crippen LogP contribution in [-0.2, 0) is 16.8 Å². The molecule has 0 saturated carbocycles. The standard InChI is InChI=1S/C31H33Cl2N5O2/c1-20-11-14-26(21(2)15-20)34-30(40)37(18-22-9-7-6-8-10-22)19-29(39)35-28-17-27(31(3,4)5)36-38(28)23-12-13-24(32)25(33)16-23/h6-17H,18-19H2,1-5H3,(H,34,40)(H,35,39). The van der Waals surface area contributed by atoms with Crippen molar-refractivity contribution < 1.29 is 9.59 Å². The molecular formula is C31H33Cl2N5O2. The van der Waals surface area contributed by atoms with Crippen molar-refractivity contribution in [2.24, 2.45) is 0 Å². The number of anilines is 2. The van der Waals surface area contributed by atoms with Crippen LogP contribution in [0, 0.1) is 13.8 Å². The molecule has 0 unspecified atom stereocenters. The zero-order chi connectivity index (χ0) is 29.0. The lowest BCUT2D eigenvalue weighted by Crippen LogP contribution is -2.40. The van der Waals surface area contributed by atoms with Gasteiger partial charge in [0, 0.05) is 23.7 Å². The number of halogens is 2. The van der Waals surface area contributed by atoms with Gasteiger partial charge in [-0.3, -0.25) is 4.79 Å². The lowest BCUT2D eigenvalue weighted by atomic mass is 9.92. The van der Waals surface area contributed by atoms with Gasteiger partial charge in [0.05, 0.1) is 21.4 Å². The Hall–Kier alpha value is -3.81. The average Bonchev–Trinajstić information content (AvgIpc) is 3.32. The summed E-state index contributed by atoms with van der Waals surface area (Å²) in [5.74, 6) is 0.0936. The molecule has 0 atom stereocenters. The Balaban J connectivity index is 1.60. The van der Waals surface area contributed by atoms with Crippen LogP contribution in [0.3, 0.4) is 0 Å². The van der Waals surface area contributed by atoms with Crippen molar-refractivity contribution in [3.05, 3.63) is 105 Å². The molecule has 0 radical (unpaired) electrons. The van der Waals surface area contributed by atoms with E-state index in [1.54, 1.807) is 22.9 Å². The van der Waals surface area contributed by atoms with Crippen LogP contribution in [0.25, 0.3) is 5.69 Å². The first-order chi connectivity index (χ1) is 18.9. The van der Waals surface area contributed by atoms with Gasteiger partial charge in [0.15, 0.2) is 0 Å². The molecule has 3 aromatic carbocycles. The number of benzene rings is 3. The molecule has 2 N–H and O–H groups in total. The highest BCUT2D eigenvalue weighted by Crippen LogP contribution is 2.29. The van der Waals surface area contributed by atoms with Gasteiger partial charge in [-0.1, -0.05) is 92.0 Å². The van der Waals surface area contributed by atoms with Crippen LogP contribution in [0.4, 0.5) is 16.3 Å². The summed E-state index contributed by atoms with van der Waals surface area (Å²) in [7, 11) is 0. The number of aryl methyl sites for hydroxylation is 2. The zero-order valence-electron chi connectivity index (χ0n) is 23.3. The molecule has 4 rings (SSSR count). The Morgan fingerprint density at radius 1 is 0.900 bits per heavy atom. The topological polar surface area (TPSA) is 79.3 Å². The highest BCUT2D eigenvalue weighted by molar-refractivity contribution is 6.42. The minimum atomic E-state index is -0.376. The Kier molecular flexibility index (Phi) is 8.86. The summed E-state index contributed by atoms with van der Waals surface area (Å²) in [5, 5.41) is 11.5. The van der Waals surface area contributed by atoms with E-state index in [1.165, 1.54) is 4.90 Å². The van der Waals surface area contributed by atoms with Crippen LogP contribution in [0.2, 0.25) is 10.0 Å². The molecule has 1 aromatic heterocycles. The summed E-state index contributed by atoms with van der Waals surface area (Å²) >= 11 is 12.4. The smallest absolute Gasteiger partial charge is 0.311 e. The van der Waals surface area contributed by atoms with Crippen LogP contribution in [0.1, 0.15) is 43.2 Å².